The Morgan fingerprint density at radius 2 is 1.80 bits per heavy atom. The van der Waals surface area contributed by atoms with Crippen LogP contribution in [0.3, 0.4) is 0 Å². The van der Waals surface area contributed by atoms with E-state index in [4.69, 9.17) is 0 Å². The van der Waals surface area contributed by atoms with Crippen molar-refractivity contribution in [3.05, 3.63) is 33.3 Å². The Hall–Kier alpha value is 0.180. The molecule has 1 aromatic rings. The van der Waals surface area contributed by atoms with E-state index in [0.29, 0.717) is 10.7 Å². The molecule has 84 valence electrons. The quantitative estimate of drug-likeness (QED) is 0.636. The van der Waals surface area contributed by atoms with E-state index < -0.39 is 0 Å². The minimum Gasteiger partial charge on any atom is -0.0836 e. The van der Waals surface area contributed by atoms with Crippen LogP contribution in [0.2, 0.25) is 0 Å². The van der Waals surface area contributed by atoms with Crippen LogP contribution < -0.4 is 0 Å². The number of aryl methyl sites for hydroxylation is 2. The van der Waals surface area contributed by atoms with Crippen molar-refractivity contribution in [2.45, 2.75) is 38.9 Å². The van der Waals surface area contributed by atoms with E-state index in [2.05, 4.69) is 71.7 Å². The van der Waals surface area contributed by atoms with Gasteiger partial charge in [-0.1, -0.05) is 58.2 Å². The van der Waals surface area contributed by atoms with Crippen molar-refractivity contribution in [3.8, 4) is 0 Å². The van der Waals surface area contributed by atoms with Crippen molar-refractivity contribution in [1.29, 1.82) is 0 Å². The standard InChI is InChI=1S/C13H18Br2/c1-5-8(2)13(15)11-6-10(4)12(14)7-9(11)3/h6-8,13H,5H2,1-4H3. The van der Waals surface area contributed by atoms with Gasteiger partial charge in [0, 0.05) is 9.30 Å². The lowest BCUT2D eigenvalue weighted by atomic mass is 9.94. The molecule has 0 fully saturated rings. The smallest absolute Gasteiger partial charge is 0.0423 e. The van der Waals surface area contributed by atoms with Crippen molar-refractivity contribution >= 4 is 31.9 Å². The highest BCUT2D eigenvalue weighted by atomic mass is 79.9. The van der Waals surface area contributed by atoms with Gasteiger partial charge in [0.05, 0.1) is 0 Å². The SMILES string of the molecule is CCC(C)C(Br)c1cc(C)c(Br)cc1C. The van der Waals surface area contributed by atoms with Crippen molar-refractivity contribution in [2.24, 2.45) is 5.92 Å². The lowest BCUT2D eigenvalue weighted by Gasteiger charge is -2.20. The van der Waals surface area contributed by atoms with Gasteiger partial charge in [-0.2, -0.15) is 0 Å². The van der Waals surface area contributed by atoms with Crippen molar-refractivity contribution in [2.75, 3.05) is 0 Å². The molecular formula is C13H18Br2. The van der Waals surface area contributed by atoms with Crippen molar-refractivity contribution in [1.82, 2.24) is 0 Å². The predicted octanol–water partition coefficient (Wildman–Crippen LogP) is 5.55. The Labute approximate surface area is 110 Å². The number of rotatable bonds is 3. The second-order valence-electron chi connectivity index (χ2n) is 4.25. The zero-order valence-electron chi connectivity index (χ0n) is 9.77. The summed E-state index contributed by atoms with van der Waals surface area (Å²) in [6.45, 7) is 8.84. The van der Waals surface area contributed by atoms with Gasteiger partial charge in [0.1, 0.15) is 0 Å². The van der Waals surface area contributed by atoms with Gasteiger partial charge in [0.15, 0.2) is 0 Å². The number of hydrogen-bond acceptors (Lipinski definition) is 0. The topological polar surface area (TPSA) is 0 Å². The van der Waals surface area contributed by atoms with E-state index >= 15 is 0 Å². The second kappa shape index (κ2) is 5.49. The number of benzene rings is 1. The fourth-order valence-corrected chi connectivity index (χ4v) is 2.94. The molecule has 0 spiro atoms. The molecule has 0 aromatic heterocycles. The van der Waals surface area contributed by atoms with Crippen LogP contribution in [0.5, 0.6) is 0 Å². The first-order chi connectivity index (χ1) is 6.97. The molecular weight excluding hydrogens is 316 g/mol. The van der Waals surface area contributed by atoms with Crippen LogP contribution in [0.4, 0.5) is 0 Å². The molecule has 0 radical (unpaired) electrons. The van der Waals surface area contributed by atoms with Crippen LogP contribution in [0.25, 0.3) is 0 Å². The Bertz CT molecular complexity index is 345. The summed E-state index contributed by atoms with van der Waals surface area (Å²) < 4.78 is 1.20. The van der Waals surface area contributed by atoms with Gasteiger partial charge in [0.25, 0.3) is 0 Å². The summed E-state index contributed by atoms with van der Waals surface area (Å²) in [5, 5.41) is 0. The van der Waals surface area contributed by atoms with E-state index in [0.717, 1.165) is 0 Å². The van der Waals surface area contributed by atoms with E-state index in [9.17, 15) is 0 Å². The Balaban J connectivity index is 3.09. The van der Waals surface area contributed by atoms with Crippen LogP contribution in [0, 0.1) is 19.8 Å². The van der Waals surface area contributed by atoms with Crippen molar-refractivity contribution in [3.63, 3.8) is 0 Å². The number of alkyl halides is 1. The predicted molar refractivity (Wildman–Crippen MR) is 74.7 cm³/mol. The van der Waals surface area contributed by atoms with Gasteiger partial charge in [-0.25, -0.2) is 0 Å². The van der Waals surface area contributed by atoms with Crippen molar-refractivity contribution < 1.29 is 0 Å². The first-order valence-electron chi connectivity index (χ1n) is 5.38. The fourth-order valence-electron chi connectivity index (χ4n) is 1.61. The maximum absolute atomic E-state index is 3.81. The molecule has 0 heterocycles. The number of hydrogen-bond donors (Lipinski definition) is 0. The maximum Gasteiger partial charge on any atom is 0.0423 e. The van der Waals surface area contributed by atoms with E-state index in [1.807, 2.05) is 0 Å². The molecule has 0 aliphatic carbocycles. The molecule has 0 bridgehead atoms. The highest BCUT2D eigenvalue weighted by Gasteiger charge is 2.17. The summed E-state index contributed by atoms with van der Waals surface area (Å²) in [6, 6.07) is 4.49. The van der Waals surface area contributed by atoms with Crippen LogP contribution in [0.15, 0.2) is 16.6 Å². The van der Waals surface area contributed by atoms with Crippen LogP contribution in [0.1, 0.15) is 41.8 Å². The first kappa shape index (κ1) is 13.2. The number of halogens is 2. The molecule has 0 amide bonds. The maximum atomic E-state index is 3.81. The third-order valence-corrected chi connectivity index (χ3v) is 5.24. The van der Waals surface area contributed by atoms with Crippen LogP contribution >= 0.6 is 31.9 Å². The Kier molecular flexibility index (Phi) is 4.85. The largest absolute Gasteiger partial charge is 0.0836 e. The molecule has 0 saturated carbocycles. The van der Waals surface area contributed by atoms with Crippen LogP contribution in [-0.2, 0) is 0 Å². The average Bonchev–Trinajstić information content (AvgIpc) is 2.21. The summed E-state index contributed by atoms with van der Waals surface area (Å²) in [5.74, 6) is 0.671. The summed E-state index contributed by atoms with van der Waals surface area (Å²) in [5.41, 5.74) is 4.09. The second-order valence-corrected chi connectivity index (χ2v) is 6.09. The fraction of sp³-hybridized carbons (Fsp3) is 0.538. The monoisotopic (exact) mass is 332 g/mol. The zero-order chi connectivity index (χ0) is 11.6. The van der Waals surface area contributed by atoms with Gasteiger partial charge in [-0.05, 0) is 42.5 Å². The van der Waals surface area contributed by atoms with Gasteiger partial charge >= 0.3 is 0 Å². The van der Waals surface area contributed by atoms with E-state index in [1.165, 1.54) is 27.6 Å². The third-order valence-electron chi connectivity index (χ3n) is 2.99. The van der Waals surface area contributed by atoms with Gasteiger partial charge in [-0.3, -0.25) is 0 Å². The lowest BCUT2D eigenvalue weighted by molar-refractivity contribution is 0.554. The lowest BCUT2D eigenvalue weighted by Crippen LogP contribution is -2.04. The van der Waals surface area contributed by atoms with Crippen LogP contribution in [-0.4, -0.2) is 0 Å². The molecule has 0 N–H and O–H groups in total. The summed E-state index contributed by atoms with van der Waals surface area (Å²) in [4.78, 5) is 0.467. The summed E-state index contributed by atoms with van der Waals surface area (Å²) in [7, 11) is 0. The Morgan fingerprint density at radius 3 is 2.33 bits per heavy atom. The minimum atomic E-state index is 0.467. The minimum absolute atomic E-state index is 0.467. The molecule has 0 aliphatic heterocycles. The molecule has 0 saturated heterocycles. The molecule has 1 aromatic carbocycles. The molecule has 15 heavy (non-hydrogen) atoms. The molecule has 2 atom stereocenters. The molecule has 2 unspecified atom stereocenters. The highest BCUT2D eigenvalue weighted by molar-refractivity contribution is 9.10. The highest BCUT2D eigenvalue weighted by Crippen LogP contribution is 2.36. The molecule has 1 rings (SSSR count). The molecule has 0 nitrogen and oxygen atoms in total. The first-order valence-corrected chi connectivity index (χ1v) is 7.09. The third kappa shape index (κ3) is 3.07. The Morgan fingerprint density at radius 1 is 1.20 bits per heavy atom. The van der Waals surface area contributed by atoms with Gasteiger partial charge in [-0.15, -0.1) is 0 Å². The molecule has 2 heteroatoms. The molecule has 0 aliphatic rings. The average molecular weight is 334 g/mol. The van der Waals surface area contributed by atoms with E-state index in [-0.39, 0.29) is 0 Å². The van der Waals surface area contributed by atoms with E-state index in [1.54, 1.807) is 0 Å². The van der Waals surface area contributed by atoms with Gasteiger partial charge in [0.2, 0.25) is 0 Å². The summed E-state index contributed by atoms with van der Waals surface area (Å²) >= 11 is 7.37. The van der Waals surface area contributed by atoms with Gasteiger partial charge < -0.3 is 0 Å². The zero-order valence-corrected chi connectivity index (χ0v) is 12.9. The summed E-state index contributed by atoms with van der Waals surface area (Å²) in [6.07, 6.45) is 1.20. The normalized spacial score (nSPS) is 15.1.